The minimum atomic E-state index is 0.255. The molecule has 1 aromatic rings. The van der Waals surface area contributed by atoms with Crippen molar-refractivity contribution < 1.29 is 0 Å². The molecule has 0 unspecified atom stereocenters. The number of rotatable bonds is 9. The van der Waals surface area contributed by atoms with Crippen LogP contribution in [-0.2, 0) is 6.42 Å². The van der Waals surface area contributed by atoms with Gasteiger partial charge in [0, 0.05) is 16.9 Å². The Balaban J connectivity index is 2.91. The number of anilines is 2. The molecule has 114 valence electrons. The molecule has 0 aliphatic rings. The van der Waals surface area contributed by atoms with Crippen LogP contribution in [0.5, 0.6) is 0 Å². The average molecular weight is 297 g/mol. The number of aromatic nitrogens is 2. The molecule has 0 radical (unpaired) electrons. The molecule has 6 heteroatoms. The number of thioether (sulfide) groups is 1. The molecule has 0 bridgehead atoms. The number of nitrogens with two attached hydrogens (primary N) is 1. The van der Waals surface area contributed by atoms with Crippen molar-refractivity contribution in [2.45, 2.75) is 51.2 Å². The van der Waals surface area contributed by atoms with Crippen molar-refractivity contribution in [2.75, 3.05) is 23.5 Å². The number of hydrogen-bond donors (Lipinski definition) is 3. The van der Waals surface area contributed by atoms with Crippen LogP contribution in [0.4, 0.5) is 11.6 Å². The molecule has 0 saturated heterocycles. The van der Waals surface area contributed by atoms with E-state index in [-0.39, 0.29) is 4.75 Å². The van der Waals surface area contributed by atoms with Gasteiger partial charge in [0.15, 0.2) is 0 Å². The molecule has 0 amide bonds. The first-order valence-electron chi connectivity index (χ1n) is 7.25. The van der Waals surface area contributed by atoms with Gasteiger partial charge in [-0.3, -0.25) is 0 Å². The summed E-state index contributed by atoms with van der Waals surface area (Å²) in [6.45, 7) is 7.52. The molecule has 1 rings (SSSR count). The van der Waals surface area contributed by atoms with Gasteiger partial charge >= 0.3 is 0 Å². The second-order valence-electron chi connectivity index (χ2n) is 4.89. The molecule has 20 heavy (non-hydrogen) atoms. The smallest absolute Gasteiger partial charge is 0.148 e. The molecule has 1 heterocycles. The summed E-state index contributed by atoms with van der Waals surface area (Å²) in [7, 11) is 0. The lowest BCUT2D eigenvalue weighted by atomic mass is 10.0. The highest BCUT2D eigenvalue weighted by Gasteiger charge is 2.25. The summed E-state index contributed by atoms with van der Waals surface area (Å²) in [4.78, 5) is 8.57. The molecular formula is C14H27N5S. The summed E-state index contributed by atoms with van der Waals surface area (Å²) in [6, 6.07) is 0. The SMILES string of the molecule is CCCc1c(NN)ncnc1NCC(CC)(CC)SC. The van der Waals surface area contributed by atoms with Crippen LogP contribution in [-0.4, -0.2) is 27.5 Å². The van der Waals surface area contributed by atoms with Gasteiger partial charge in [0.2, 0.25) is 0 Å². The van der Waals surface area contributed by atoms with Crippen molar-refractivity contribution in [2.24, 2.45) is 5.84 Å². The van der Waals surface area contributed by atoms with Crippen molar-refractivity contribution in [1.82, 2.24) is 9.97 Å². The minimum absolute atomic E-state index is 0.255. The zero-order chi connectivity index (χ0) is 15.0. The van der Waals surface area contributed by atoms with E-state index in [0.717, 1.165) is 43.6 Å². The summed E-state index contributed by atoms with van der Waals surface area (Å²) in [5.41, 5.74) is 3.73. The molecule has 0 aliphatic carbocycles. The largest absolute Gasteiger partial charge is 0.368 e. The highest BCUT2D eigenvalue weighted by Crippen LogP contribution is 2.31. The van der Waals surface area contributed by atoms with Crippen molar-refractivity contribution in [1.29, 1.82) is 0 Å². The number of nitrogens with one attached hydrogen (secondary N) is 2. The molecular weight excluding hydrogens is 270 g/mol. The van der Waals surface area contributed by atoms with Gasteiger partial charge in [-0.25, -0.2) is 15.8 Å². The Hall–Kier alpha value is -1.01. The van der Waals surface area contributed by atoms with E-state index in [4.69, 9.17) is 5.84 Å². The van der Waals surface area contributed by atoms with Gasteiger partial charge < -0.3 is 10.7 Å². The molecule has 5 nitrogen and oxygen atoms in total. The molecule has 4 N–H and O–H groups in total. The van der Waals surface area contributed by atoms with Crippen LogP contribution in [0.15, 0.2) is 6.33 Å². The Morgan fingerprint density at radius 1 is 1.20 bits per heavy atom. The van der Waals surface area contributed by atoms with E-state index in [0.29, 0.717) is 5.82 Å². The van der Waals surface area contributed by atoms with Crippen molar-refractivity contribution >= 4 is 23.4 Å². The summed E-state index contributed by atoms with van der Waals surface area (Å²) >= 11 is 1.92. The van der Waals surface area contributed by atoms with E-state index in [1.165, 1.54) is 0 Å². The number of hydrazine groups is 1. The normalized spacial score (nSPS) is 11.4. The monoisotopic (exact) mass is 297 g/mol. The Morgan fingerprint density at radius 2 is 1.85 bits per heavy atom. The molecule has 0 aliphatic heterocycles. The molecule has 0 saturated carbocycles. The predicted molar refractivity (Wildman–Crippen MR) is 89.2 cm³/mol. The van der Waals surface area contributed by atoms with E-state index in [9.17, 15) is 0 Å². The Morgan fingerprint density at radius 3 is 2.35 bits per heavy atom. The summed E-state index contributed by atoms with van der Waals surface area (Å²) in [6.07, 6.45) is 7.94. The fourth-order valence-electron chi connectivity index (χ4n) is 2.28. The highest BCUT2D eigenvalue weighted by molar-refractivity contribution is 8.00. The minimum Gasteiger partial charge on any atom is -0.368 e. The molecule has 0 aromatic carbocycles. The Labute approximate surface area is 126 Å². The summed E-state index contributed by atoms with van der Waals surface area (Å²) in [5.74, 6) is 7.15. The van der Waals surface area contributed by atoms with Gasteiger partial charge in [-0.2, -0.15) is 11.8 Å². The third kappa shape index (κ3) is 3.99. The maximum atomic E-state index is 5.54. The second-order valence-corrected chi connectivity index (χ2v) is 6.17. The first-order chi connectivity index (χ1) is 9.66. The lowest BCUT2D eigenvalue weighted by Gasteiger charge is -2.30. The van der Waals surface area contributed by atoms with Crippen LogP contribution in [0.25, 0.3) is 0 Å². The molecule has 1 aromatic heterocycles. The van der Waals surface area contributed by atoms with Crippen LogP contribution in [0.1, 0.15) is 45.6 Å². The molecule has 0 spiro atoms. The molecule has 0 fully saturated rings. The van der Waals surface area contributed by atoms with Gasteiger partial charge in [0.25, 0.3) is 0 Å². The lowest BCUT2D eigenvalue weighted by Crippen LogP contribution is -2.32. The highest BCUT2D eigenvalue weighted by atomic mass is 32.2. The third-order valence-corrected chi connectivity index (χ3v) is 5.47. The van der Waals surface area contributed by atoms with Gasteiger partial charge in [0.1, 0.15) is 18.0 Å². The van der Waals surface area contributed by atoms with Gasteiger partial charge in [-0.1, -0.05) is 27.2 Å². The number of nitrogens with zero attached hydrogens (tertiary/aromatic N) is 2. The average Bonchev–Trinajstić information content (AvgIpc) is 2.50. The lowest BCUT2D eigenvalue weighted by molar-refractivity contribution is 0.573. The first kappa shape index (κ1) is 17.0. The van der Waals surface area contributed by atoms with Gasteiger partial charge in [-0.15, -0.1) is 0 Å². The Bertz CT molecular complexity index is 398. The van der Waals surface area contributed by atoms with E-state index >= 15 is 0 Å². The maximum absolute atomic E-state index is 5.54. The topological polar surface area (TPSA) is 75.9 Å². The fraction of sp³-hybridized carbons (Fsp3) is 0.714. The van der Waals surface area contributed by atoms with Crippen molar-refractivity contribution in [3.63, 3.8) is 0 Å². The zero-order valence-electron chi connectivity index (χ0n) is 13.0. The van der Waals surface area contributed by atoms with E-state index < -0.39 is 0 Å². The fourth-order valence-corrected chi connectivity index (χ4v) is 3.08. The van der Waals surface area contributed by atoms with E-state index in [1.54, 1.807) is 6.33 Å². The van der Waals surface area contributed by atoms with Gasteiger partial charge in [-0.05, 0) is 25.5 Å². The maximum Gasteiger partial charge on any atom is 0.148 e. The van der Waals surface area contributed by atoms with Crippen LogP contribution < -0.4 is 16.6 Å². The first-order valence-corrected chi connectivity index (χ1v) is 8.48. The third-order valence-electron chi connectivity index (χ3n) is 3.88. The van der Waals surface area contributed by atoms with E-state index in [1.807, 2.05) is 11.8 Å². The van der Waals surface area contributed by atoms with Crippen molar-refractivity contribution in [3.8, 4) is 0 Å². The van der Waals surface area contributed by atoms with Crippen LogP contribution in [0, 0.1) is 0 Å². The quantitative estimate of drug-likeness (QED) is 0.480. The van der Waals surface area contributed by atoms with Gasteiger partial charge in [0.05, 0.1) is 0 Å². The standard InChI is InChI=1S/C14H27N5S/c1-5-8-11-12(17-10-18-13(11)19-15)16-9-14(6-2,7-3)20-4/h10H,5-9,15H2,1-4H3,(H2,16,17,18,19). The zero-order valence-corrected chi connectivity index (χ0v) is 13.8. The van der Waals surface area contributed by atoms with Crippen LogP contribution >= 0.6 is 11.8 Å². The summed E-state index contributed by atoms with van der Waals surface area (Å²) < 4.78 is 0.255. The number of nitrogen functional groups attached to an aromatic ring is 1. The van der Waals surface area contributed by atoms with Crippen LogP contribution in [0.2, 0.25) is 0 Å². The van der Waals surface area contributed by atoms with Crippen LogP contribution in [0.3, 0.4) is 0 Å². The Kier molecular flexibility index (Phi) is 7.09. The van der Waals surface area contributed by atoms with Crippen molar-refractivity contribution in [3.05, 3.63) is 11.9 Å². The summed E-state index contributed by atoms with van der Waals surface area (Å²) in [5, 5.41) is 3.50. The predicted octanol–water partition coefficient (Wildman–Crippen LogP) is 3.05. The molecule has 0 atom stereocenters. The second kappa shape index (κ2) is 8.32. The number of hydrogen-bond acceptors (Lipinski definition) is 6. The van der Waals surface area contributed by atoms with E-state index in [2.05, 4.69) is 47.7 Å².